The van der Waals surface area contributed by atoms with Gasteiger partial charge in [-0.05, 0) is 36.1 Å². The van der Waals surface area contributed by atoms with E-state index in [0.29, 0.717) is 54.7 Å². The number of hydrogen-bond acceptors (Lipinski definition) is 7. The zero-order valence-electron chi connectivity index (χ0n) is 20.6. The molecule has 1 atom stereocenters. The summed E-state index contributed by atoms with van der Waals surface area (Å²) in [5.74, 6) is -0.392. The lowest BCUT2D eigenvalue weighted by molar-refractivity contribution is 0.0746. The van der Waals surface area contributed by atoms with Gasteiger partial charge < -0.3 is 14.8 Å². The number of halogens is 1. The summed E-state index contributed by atoms with van der Waals surface area (Å²) in [5, 5.41) is 4.60. The van der Waals surface area contributed by atoms with Crippen LogP contribution in [0.5, 0.6) is 0 Å². The summed E-state index contributed by atoms with van der Waals surface area (Å²) in [6, 6.07) is 5.14. The Balaban J connectivity index is 1.33. The van der Waals surface area contributed by atoms with Crippen LogP contribution in [0.1, 0.15) is 34.5 Å². The minimum atomic E-state index is -0.298. The number of piperazine rings is 1. The minimum absolute atomic E-state index is 0.0317. The molecule has 1 saturated heterocycles. The van der Waals surface area contributed by atoms with Crippen LogP contribution in [0.25, 0.3) is 22.1 Å². The second-order valence-corrected chi connectivity index (χ2v) is 9.40. The van der Waals surface area contributed by atoms with Crippen LogP contribution in [-0.2, 0) is 13.5 Å². The molecule has 1 unspecified atom stereocenters. The van der Waals surface area contributed by atoms with E-state index < -0.39 is 0 Å². The molecule has 0 bridgehead atoms. The van der Waals surface area contributed by atoms with Crippen molar-refractivity contribution in [3.8, 4) is 0 Å². The maximum absolute atomic E-state index is 15.3. The molecular weight excluding hydrogens is 473 g/mol. The molecule has 1 N–H and O–H groups in total. The largest absolute Gasteiger partial charge is 0.366 e. The first kappa shape index (κ1) is 23.0. The van der Waals surface area contributed by atoms with Gasteiger partial charge in [0.05, 0.1) is 35.0 Å². The van der Waals surface area contributed by atoms with E-state index in [1.165, 1.54) is 6.33 Å². The van der Waals surface area contributed by atoms with Crippen LogP contribution in [0.15, 0.2) is 49.4 Å². The molecular formula is C26H26FN9O. The molecule has 0 radical (unpaired) electrons. The standard InChI is InChI=1S/C26H26FN9O/c1-16(10-21-23-25(31-14-29-21)32-15-30-23)19-11-20(27)18-4-3-5-28-22(18)24(19)35-6-8-36(9-7-35)26(37)17-12-33-34(2)13-17/h3-5,11-16H,6-10H2,1-2H3,(H,29,30,31,32). The molecule has 6 rings (SSSR count). The molecule has 5 heterocycles. The van der Waals surface area contributed by atoms with Crippen LogP contribution < -0.4 is 4.90 Å². The fourth-order valence-electron chi connectivity index (χ4n) is 5.13. The molecule has 188 valence electrons. The van der Waals surface area contributed by atoms with Crippen molar-refractivity contribution in [1.82, 2.24) is 39.6 Å². The number of aryl methyl sites for hydroxylation is 1. The second kappa shape index (κ2) is 9.23. The van der Waals surface area contributed by atoms with E-state index in [0.717, 1.165) is 22.5 Å². The van der Waals surface area contributed by atoms with Crippen molar-refractivity contribution in [3.63, 3.8) is 0 Å². The van der Waals surface area contributed by atoms with Crippen molar-refractivity contribution < 1.29 is 9.18 Å². The maximum atomic E-state index is 15.3. The van der Waals surface area contributed by atoms with E-state index >= 15 is 4.39 Å². The van der Waals surface area contributed by atoms with Crippen LogP contribution in [0.4, 0.5) is 10.1 Å². The van der Waals surface area contributed by atoms with Gasteiger partial charge in [0.25, 0.3) is 5.91 Å². The van der Waals surface area contributed by atoms with Crippen LogP contribution in [0.3, 0.4) is 0 Å². The highest BCUT2D eigenvalue weighted by atomic mass is 19.1. The van der Waals surface area contributed by atoms with Crippen molar-refractivity contribution in [1.29, 1.82) is 0 Å². The van der Waals surface area contributed by atoms with E-state index in [-0.39, 0.29) is 17.6 Å². The number of anilines is 1. The van der Waals surface area contributed by atoms with Crippen molar-refractivity contribution in [2.75, 3.05) is 31.1 Å². The lowest BCUT2D eigenvalue weighted by Gasteiger charge is -2.38. The Hall–Kier alpha value is -4.41. The summed E-state index contributed by atoms with van der Waals surface area (Å²) in [6.07, 6.45) is 8.70. The highest BCUT2D eigenvalue weighted by Gasteiger charge is 2.28. The highest BCUT2D eigenvalue weighted by Crippen LogP contribution is 2.38. The van der Waals surface area contributed by atoms with Gasteiger partial charge in [-0.2, -0.15) is 5.10 Å². The normalized spacial score (nSPS) is 15.0. The smallest absolute Gasteiger partial charge is 0.257 e. The van der Waals surface area contributed by atoms with Gasteiger partial charge in [-0.15, -0.1) is 0 Å². The molecule has 10 nitrogen and oxygen atoms in total. The summed E-state index contributed by atoms with van der Waals surface area (Å²) in [6.45, 7) is 4.39. The zero-order valence-corrected chi connectivity index (χ0v) is 20.6. The molecule has 1 aromatic carbocycles. The number of H-pyrrole nitrogens is 1. The van der Waals surface area contributed by atoms with Gasteiger partial charge in [0, 0.05) is 51.0 Å². The van der Waals surface area contributed by atoms with Crippen molar-refractivity contribution in [3.05, 3.63) is 72.1 Å². The molecule has 0 saturated carbocycles. The monoisotopic (exact) mass is 499 g/mol. The SMILES string of the molecule is CC(Cc1ncnc2nc[nH]c12)c1cc(F)c2cccnc2c1N1CCN(C(=O)c2cnn(C)c2)CC1. The number of carbonyl (C=O) groups excluding carboxylic acids is 1. The Kier molecular flexibility index (Phi) is 5.74. The average Bonchev–Trinajstić information content (AvgIpc) is 3.58. The number of nitrogens with zero attached hydrogens (tertiary/aromatic N) is 8. The lowest BCUT2D eigenvalue weighted by atomic mass is 9.91. The molecule has 37 heavy (non-hydrogen) atoms. The van der Waals surface area contributed by atoms with E-state index in [9.17, 15) is 4.79 Å². The number of aromatic nitrogens is 7. The highest BCUT2D eigenvalue weighted by molar-refractivity contribution is 5.95. The number of aromatic amines is 1. The lowest BCUT2D eigenvalue weighted by Crippen LogP contribution is -2.49. The number of amides is 1. The zero-order chi connectivity index (χ0) is 25.5. The Labute approximate surface area is 212 Å². The second-order valence-electron chi connectivity index (χ2n) is 9.40. The molecule has 0 aliphatic carbocycles. The topological polar surface area (TPSA) is 109 Å². The molecule has 1 aliphatic rings. The Bertz CT molecular complexity index is 1600. The molecule has 0 spiro atoms. The number of benzene rings is 1. The van der Waals surface area contributed by atoms with Crippen LogP contribution in [0, 0.1) is 5.82 Å². The predicted molar refractivity (Wildman–Crippen MR) is 137 cm³/mol. The first-order valence-corrected chi connectivity index (χ1v) is 12.2. The van der Waals surface area contributed by atoms with Gasteiger partial charge in [0.15, 0.2) is 5.65 Å². The van der Waals surface area contributed by atoms with Crippen molar-refractivity contribution in [2.45, 2.75) is 19.3 Å². The van der Waals surface area contributed by atoms with E-state index in [2.05, 4.69) is 41.8 Å². The van der Waals surface area contributed by atoms with Crippen LogP contribution >= 0.6 is 0 Å². The van der Waals surface area contributed by atoms with Crippen LogP contribution in [-0.4, -0.2) is 71.7 Å². The van der Waals surface area contributed by atoms with Gasteiger partial charge in [-0.1, -0.05) is 6.92 Å². The third-order valence-corrected chi connectivity index (χ3v) is 7.01. The first-order valence-electron chi connectivity index (χ1n) is 12.2. The third-order valence-electron chi connectivity index (χ3n) is 7.01. The number of pyridine rings is 1. The molecule has 11 heteroatoms. The molecule has 1 fully saturated rings. The van der Waals surface area contributed by atoms with E-state index in [1.807, 2.05) is 4.90 Å². The number of carbonyl (C=O) groups is 1. The molecule has 5 aromatic rings. The van der Waals surface area contributed by atoms with Gasteiger partial charge in [0.1, 0.15) is 17.7 Å². The van der Waals surface area contributed by atoms with Gasteiger partial charge in [-0.3, -0.25) is 14.5 Å². The maximum Gasteiger partial charge on any atom is 0.257 e. The molecule has 1 aliphatic heterocycles. The number of nitrogens with one attached hydrogen (secondary N) is 1. The van der Waals surface area contributed by atoms with Crippen molar-refractivity contribution in [2.24, 2.45) is 7.05 Å². The Morgan fingerprint density at radius 3 is 2.78 bits per heavy atom. The van der Waals surface area contributed by atoms with Gasteiger partial charge in [0.2, 0.25) is 0 Å². The van der Waals surface area contributed by atoms with Crippen molar-refractivity contribution >= 4 is 33.7 Å². The number of imidazole rings is 1. The molecule has 1 amide bonds. The summed E-state index contributed by atoms with van der Waals surface area (Å²) >= 11 is 0. The van der Waals surface area contributed by atoms with Crippen LogP contribution in [0.2, 0.25) is 0 Å². The third kappa shape index (κ3) is 4.15. The summed E-state index contributed by atoms with van der Waals surface area (Å²) < 4.78 is 16.9. The predicted octanol–water partition coefficient (Wildman–Crippen LogP) is 3.08. The summed E-state index contributed by atoms with van der Waals surface area (Å²) in [4.78, 5) is 37.6. The van der Waals surface area contributed by atoms with Gasteiger partial charge >= 0.3 is 0 Å². The summed E-state index contributed by atoms with van der Waals surface area (Å²) in [7, 11) is 1.79. The quantitative estimate of drug-likeness (QED) is 0.396. The average molecular weight is 500 g/mol. The van der Waals surface area contributed by atoms with E-state index in [1.54, 1.807) is 54.8 Å². The summed E-state index contributed by atoms with van der Waals surface area (Å²) in [5.41, 5.74) is 5.21. The number of rotatable bonds is 5. The Morgan fingerprint density at radius 2 is 2.00 bits per heavy atom. The number of hydrogen-bond donors (Lipinski definition) is 1. The first-order chi connectivity index (χ1) is 18.0. The fraction of sp³-hybridized carbons (Fsp3) is 0.308. The number of fused-ring (bicyclic) bond motifs is 2. The van der Waals surface area contributed by atoms with Gasteiger partial charge in [-0.25, -0.2) is 19.3 Å². The fourth-order valence-corrected chi connectivity index (χ4v) is 5.13. The minimum Gasteiger partial charge on any atom is -0.366 e. The Morgan fingerprint density at radius 1 is 1.16 bits per heavy atom. The molecule has 4 aromatic heterocycles. The van der Waals surface area contributed by atoms with E-state index in [4.69, 9.17) is 0 Å².